The first-order valence-corrected chi connectivity index (χ1v) is 11.6. The molecule has 1 atom stereocenters. The Morgan fingerprint density at radius 3 is 1.89 bits per heavy atom. The maximum absolute atomic E-state index is 12.8. The van der Waals surface area contributed by atoms with E-state index >= 15 is 0 Å². The second kappa shape index (κ2) is 10.9. The predicted molar refractivity (Wildman–Crippen MR) is 136 cm³/mol. The van der Waals surface area contributed by atoms with Crippen molar-refractivity contribution in [2.75, 3.05) is 0 Å². The van der Waals surface area contributed by atoms with Gasteiger partial charge in [0.1, 0.15) is 6.04 Å². The Balaban J connectivity index is 1.46. The van der Waals surface area contributed by atoms with Crippen LogP contribution in [-0.4, -0.2) is 23.0 Å². The van der Waals surface area contributed by atoms with Gasteiger partial charge in [-0.2, -0.15) is 13.2 Å². The Labute approximate surface area is 216 Å². The summed E-state index contributed by atoms with van der Waals surface area (Å²) in [5.41, 5.74) is 3.05. The molecule has 0 aromatic heterocycles. The van der Waals surface area contributed by atoms with Crippen LogP contribution in [0, 0.1) is 0 Å². The van der Waals surface area contributed by atoms with Gasteiger partial charge in [0.2, 0.25) is 0 Å². The summed E-state index contributed by atoms with van der Waals surface area (Å²) in [6, 6.07) is 24.9. The molecule has 1 amide bonds. The third-order valence-electron chi connectivity index (χ3n) is 5.86. The van der Waals surface area contributed by atoms with E-state index in [1.54, 1.807) is 6.07 Å². The zero-order chi connectivity index (χ0) is 26.6. The molecule has 0 aliphatic carbocycles. The maximum atomic E-state index is 12.8. The van der Waals surface area contributed by atoms with E-state index in [1.165, 1.54) is 24.3 Å². The number of carboxylic acid groups (broad SMARTS) is 1. The number of benzene rings is 4. The summed E-state index contributed by atoms with van der Waals surface area (Å²) < 4.78 is 38.4. The maximum Gasteiger partial charge on any atom is 0.416 e. The first-order valence-electron chi connectivity index (χ1n) is 11.3. The van der Waals surface area contributed by atoms with E-state index in [9.17, 15) is 27.9 Å². The van der Waals surface area contributed by atoms with Gasteiger partial charge >= 0.3 is 12.1 Å². The smallest absolute Gasteiger partial charge is 0.416 e. The molecule has 0 aliphatic rings. The summed E-state index contributed by atoms with van der Waals surface area (Å²) in [7, 11) is 0. The summed E-state index contributed by atoms with van der Waals surface area (Å²) in [4.78, 5) is 24.7. The molecular weight excluding hydrogens is 503 g/mol. The molecule has 2 N–H and O–H groups in total. The van der Waals surface area contributed by atoms with Crippen LogP contribution >= 0.6 is 11.6 Å². The van der Waals surface area contributed by atoms with Crippen LogP contribution in [0.4, 0.5) is 13.2 Å². The summed E-state index contributed by atoms with van der Waals surface area (Å²) in [5, 5.41) is 12.2. The topological polar surface area (TPSA) is 66.4 Å². The molecule has 0 fully saturated rings. The van der Waals surface area contributed by atoms with Crippen LogP contribution in [0.25, 0.3) is 22.3 Å². The molecule has 0 saturated carbocycles. The van der Waals surface area contributed by atoms with Crippen LogP contribution in [0.3, 0.4) is 0 Å². The highest BCUT2D eigenvalue weighted by molar-refractivity contribution is 6.34. The van der Waals surface area contributed by atoms with E-state index in [2.05, 4.69) is 5.32 Å². The van der Waals surface area contributed by atoms with Crippen molar-refractivity contribution in [3.8, 4) is 22.3 Å². The lowest BCUT2D eigenvalue weighted by molar-refractivity contribution is -0.139. The fourth-order valence-corrected chi connectivity index (χ4v) is 4.13. The standard InChI is InChI=1S/C29H21ClF3NO3/c30-25-17-22(21-10-13-23(14-11-21)29(31,32)33)12-15-24(25)27(35)34-26(28(36)37)16-18-6-8-20(9-7-18)19-4-2-1-3-5-19/h1-15,17,26H,16H2,(H,34,35)(H,36,37)/t26-/m0/s1. The number of aliphatic carboxylic acids is 1. The van der Waals surface area contributed by atoms with Crippen LogP contribution in [0.5, 0.6) is 0 Å². The highest BCUT2D eigenvalue weighted by Crippen LogP contribution is 2.32. The van der Waals surface area contributed by atoms with E-state index < -0.39 is 29.7 Å². The van der Waals surface area contributed by atoms with Gasteiger partial charge in [-0.3, -0.25) is 4.79 Å². The monoisotopic (exact) mass is 523 g/mol. The second-order valence-electron chi connectivity index (χ2n) is 8.40. The van der Waals surface area contributed by atoms with Gasteiger partial charge in [-0.1, -0.05) is 84.4 Å². The minimum atomic E-state index is -4.44. The van der Waals surface area contributed by atoms with Crippen molar-refractivity contribution < 1.29 is 27.9 Å². The molecule has 0 heterocycles. The zero-order valence-electron chi connectivity index (χ0n) is 19.3. The van der Waals surface area contributed by atoms with E-state index in [-0.39, 0.29) is 17.0 Å². The Kier molecular flexibility index (Phi) is 7.64. The van der Waals surface area contributed by atoms with Gasteiger partial charge in [0, 0.05) is 6.42 Å². The van der Waals surface area contributed by atoms with Crippen LogP contribution in [-0.2, 0) is 17.4 Å². The molecule has 0 bridgehead atoms. The largest absolute Gasteiger partial charge is 0.480 e. The Hall–Kier alpha value is -4.10. The van der Waals surface area contributed by atoms with Gasteiger partial charge in [0.15, 0.2) is 0 Å². The highest BCUT2D eigenvalue weighted by Gasteiger charge is 2.30. The number of rotatable bonds is 7. The Bertz CT molecular complexity index is 1400. The van der Waals surface area contributed by atoms with Crippen molar-refractivity contribution in [2.24, 2.45) is 0 Å². The Morgan fingerprint density at radius 1 is 0.784 bits per heavy atom. The molecular formula is C29H21ClF3NO3. The second-order valence-corrected chi connectivity index (χ2v) is 8.81. The van der Waals surface area contributed by atoms with Gasteiger partial charge in [0.25, 0.3) is 5.91 Å². The SMILES string of the molecule is O=C(N[C@@H](Cc1ccc(-c2ccccc2)cc1)C(=O)O)c1ccc(-c2ccc(C(F)(F)F)cc2)cc1Cl. The number of carbonyl (C=O) groups excluding carboxylic acids is 1. The molecule has 4 rings (SSSR count). The highest BCUT2D eigenvalue weighted by atomic mass is 35.5. The van der Waals surface area contributed by atoms with Gasteiger partial charge in [0.05, 0.1) is 16.1 Å². The van der Waals surface area contributed by atoms with Crippen molar-refractivity contribution >= 4 is 23.5 Å². The molecule has 0 aliphatic heterocycles. The number of nitrogens with one attached hydrogen (secondary N) is 1. The molecule has 0 saturated heterocycles. The van der Waals surface area contributed by atoms with E-state index in [4.69, 9.17) is 11.6 Å². The lowest BCUT2D eigenvalue weighted by atomic mass is 10.00. The Morgan fingerprint density at radius 2 is 1.32 bits per heavy atom. The molecule has 8 heteroatoms. The summed E-state index contributed by atoms with van der Waals surface area (Å²) >= 11 is 6.29. The molecule has 0 unspecified atom stereocenters. The normalized spacial score (nSPS) is 12.1. The van der Waals surface area contributed by atoms with Gasteiger partial charge in [-0.15, -0.1) is 0 Å². The minimum absolute atomic E-state index is 0.0475. The number of hydrogen-bond acceptors (Lipinski definition) is 2. The average Bonchev–Trinajstić information content (AvgIpc) is 2.88. The summed E-state index contributed by atoms with van der Waals surface area (Å²) in [5.74, 6) is -1.87. The number of carboxylic acids is 1. The average molecular weight is 524 g/mol. The number of carbonyl (C=O) groups is 2. The number of alkyl halides is 3. The number of amides is 1. The van der Waals surface area contributed by atoms with Crippen LogP contribution in [0.15, 0.2) is 97.1 Å². The zero-order valence-corrected chi connectivity index (χ0v) is 20.1. The van der Waals surface area contributed by atoms with Crippen molar-refractivity contribution in [3.05, 3.63) is 119 Å². The van der Waals surface area contributed by atoms with Crippen molar-refractivity contribution in [3.63, 3.8) is 0 Å². The van der Waals surface area contributed by atoms with E-state index in [0.29, 0.717) is 11.1 Å². The number of halogens is 4. The van der Waals surface area contributed by atoms with Crippen molar-refractivity contribution in [1.29, 1.82) is 0 Å². The molecule has 188 valence electrons. The predicted octanol–water partition coefficient (Wildman–Crippen LogP) is 7.12. The third kappa shape index (κ3) is 6.37. The lowest BCUT2D eigenvalue weighted by Gasteiger charge is -2.16. The van der Waals surface area contributed by atoms with Crippen LogP contribution in [0.2, 0.25) is 5.02 Å². The van der Waals surface area contributed by atoms with Crippen molar-refractivity contribution in [2.45, 2.75) is 18.6 Å². The lowest BCUT2D eigenvalue weighted by Crippen LogP contribution is -2.42. The first kappa shape index (κ1) is 26.0. The minimum Gasteiger partial charge on any atom is -0.480 e. The molecule has 0 radical (unpaired) electrons. The molecule has 4 aromatic rings. The fourth-order valence-electron chi connectivity index (χ4n) is 3.87. The quantitative estimate of drug-likeness (QED) is 0.271. The molecule has 37 heavy (non-hydrogen) atoms. The fraction of sp³-hybridized carbons (Fsp3) is 0.103. The molecule has 0 spiro atoms. The first-order chi connectivity index (χ1) is 17.6. The third-order valence-corrected chi connectivity index (χ3v) is 6.18. The molecule has 4 aromatic carbocycles. The number of hydrogen-bond donors (Lipinski definition) is 2. The van der Waals surface area contributed by atoms with Gasteiger partial charge < -0.3 is 10.4 Å². The van der Waals surface area contributed by atoms with E-state index in [0.717, 1.165) is 28.8 Å². The van der Waals surface area contributed by atoms with Crippen LogP contribution < -0.4 is 5.32 Å². The molecule has 4 nitrogen and oxygen atoms in total. The van der Waals surface area contributed by atoms with Crippen molar-refractivity contribution in [1.82, 2.24) is 5.32 Å². The van der Waals surface area contributed by atoms with E-state index in [1.807, 2.05) is 54.6 Å². The van der Waals surface area contributed by atoms with Gasteiger partial charge in [-0.05, 0) is 52.1 Å². The summed E-state index contributed by atoms with van der Waals surface area (Å²) in [6.45, 7) is 0. The summed E-state index contributed by atoms with van der Waals surface area (Å²) in [6.07, 6.45) is -4.37. The van der Waals surface area contributed by atoms with Crippen LogP contribution in [0.1, 0.15) is 21.5 Å². The van der Waals surface area contributed by atoms with Gasteiger partial charge in [-0.25, -0.2) is 4.79 Å².